The molecule has 0 aromatic heterocycles. The fourth-order valence-corrected chi connectivity index (χ4v) is 2.49. The van der Waals surface area contributed by atoms with Crippen LogP contribution in [0.3, 0.4) is 0 Å². The van der Waals surface area contributed by atoms with E-state index in [1.165, 1.54) is 28.7 Å². The molecule has 0 saturated carbocycles. The molecular formula is C23H40O. The maximum atomic E-state index is 9.58. The summed E-state index contributed by atoms with van der Waals surface area (Å²) in [5, 5.41) is 9.58. The second-order valence-corrected chi connectivity index (χ2v) is 7.35. The van der Waals surface area contributed by atoms with E-state index in [1.807, 2.05) is 6.92 Å². The van der Waals surface area contributed by atoms with Crippen LogP contribution in [0.1, 0.15) is 92.9 Å². The summed E-state index contributed by atoms with van der Waals surface area (Å²) in [6.45, 7) is 13.0. The Morgan fingerprint density at radius 2 is 1.12 bits per heavy atom. The Kier molecular flexibility index (Phi) is 13.6. The highest BCUT2D eigenvalue weighted by Crippen LogP contribution is 2.14. The number of aliphatic hydroxyl groups is 1. The second kappa shape index (κ2) is 14.3. The zero-order valence-corrected chi connectivity index (χ0v) is 17.0. The van der Waals surface area contributed by atoms with Gasteiger partial charge >= 0.3 is 0 Å². The first-order chi connectivity index (χ1) is 11.3. The largest absolute Gasteiger partial charge is 0.393 e. The Labute approximate surface area is 151 Å². The highest BCUT2D eigenvalue weighted by Gasteiger charge is 1.98. The van der Waals surface area contributed by atoms with Crippen LogP contribution in [0.4, 0.5) is 0 Å². The fourth-order valence-electron chi connectivity index (χ4n) is 2.49. The van der Waals surface area contributed by atoms with Crippen molar-refractivity contribution in [2.24, 2.45) is 0 Å². The van der Waals surface area contributed by atoms with E-state index in [0.717, 1.165) is 44.9 Å². The minimum absolute atomic E-state index is 0.177. The van der Waals surface area contributed by atoms with Gasteiger partial charge in [0.15, 0.2) is 0 Å². The van der Waals surface area contributed by atoms with Gasteiger partial charge in [0, 0.05) is 0 Å². The van der Waals surface area contributed by atoms with Gasteiger partial charge in [-0.25, -0.2) is 0 Å². The van der Waals surface area contributed by atoms with Crippen molar-refractivity contribution < 1.29 is 5.11 Å². The molecule has 1 N–H and O–H groups in total. The molecule has 0 heterocycles. The van der Waals surface area contributed by atoms with Gasteiger partial charge in [0.25, 0.3) is 0 Å². The SMILES string of the molecule is CCC(O)C/C=C(\C)CC/C=C(\C)CC/C=C(\C)CCC=C(C)C. The molecule has 1 atom stereocenters. The Bertz CT molecular complexity index is 445. The smallest absolute Gasteiger partial charge is 0.0572 e. The van der Waals surface area contributed by atoms with Crippen LogP contribution in [-0.2, 0) is 0 Å². The number of aliphatic hydroxyl groups excluding tert-OH is 1. The van der Waals surface area contributed by atoms with Crippen LogP contribution in [0.5, 0.6) is 0 Å². The number of allylic oxidation sites excluding steroid dienone is 7. The highest BCUT2D eigenvalue weighted by atomic mass is 16.3. The molecule has 0 rings (SSSR count). The van der Waals surface area contributed by atoms with Crippen molar-refractivity contribution in [2.45, 2.75) is 99.0 Å². The molecule has 0 aliphatic rings. The molecule has 0 amide bonds. The number of rotatable bonds is 12. The molecule has 0 aromatic rings. The average molecular weight is 333 g/mol. The van der Waals surface area contributed by atoms with Gasteiger partial charge in [-0.3, -0.25) is 0 Å². The maximum Gasteiger partial charge on any atom is 0.0572 e. The summed E-state index contributed by atoms with van der Waals surface area (Å²) in [6.07, 6.45) is 17.6. The molecule has 1 nitrogen and oxygen atoms in total. The van der Waals surface area contributed by atoms with E-state index < -0.39 is 0 Å². The normalized spacial score (nSPS) is 14.7. The molecule has 1 unspecified atom stereocenters. The van der Waals surface area contributed by atoms with Gasteiger partial charge in [-0.05, 0) is 86.0 Å². The van der Waals surface area contributed by atoms with Gasteiger partial charge in [0.2, 0.25) is 0 Å². The van der Waals surface area contributed by atoms with E-state index >= 15 is 0 Å². The Morgan fingerprint density at radius 3 is 1.54 bits per heavy atom. The summed E-state index contributed by atoms with van der Waals surface area (Å²) in [5.74, 6) is 0. The quantitative estimate of drug-likeness (QED) is 0.372. The van der Waals surface area contributed by atoms with Crippen molar-refractivity contribution in [3.8, 4) is 0 Å². The van der Waals surface area contributed by atoms with Gasteiger partial charge < -0.3 is 5.11 Å². The molecule has 0 aliphatic carbocycles. The first kappa shape index (κ1) is 22.9. The van der Waals surface area contributed by atoms with Crippen molar-refractivity contribution >= 4 is 0 Å². The molecule has 0 aromatic carbocycles. The van der Waals surface area contributed by atoms with Crippen molar-refractivity contribution in [1.82, 2.24) is 0 Å². The zero-order chi connectivity index (χ0) is 18.4. The number of hydrogen-bond donors (Lipinski definition) is 1. The van der Waals surface area contributed by atoms with Crippen LogP contribution in [0.2, 0.25) is 0 Å². The molecule has 0 fully saturated rings. The van der Waals surface area contributed by atoms with Gasteiger partial charge in [0.05, 0.1) is 6.10 Å². The molecule has 0 aliphatic heterocycles. The highest BCUT2D eigenvalue weighted by molar-refractivity contribution is 5.07. The standard InChI is InChI=1S/C23H40O/c1-7-23(24)18-17-22(6)16-10-15-21(5)14-9-13-20(4)12-8-11-19(2)3/h11,13,15,17,23-24H,7-10,12,14,16,18H2,1-6H3/b20-13+,21-15+,22-17+. The Morgan fingerprint density at radius 1 is 0.708 bits per heavy atom. The van der Waals surface area contributed by atoms with Crippen LogP contribution in [-0.4, -0.2) is 11.2 Å². The lowest BCUT2D eigenvalue weighted by atomic mass is 10.0. The topological polar surface area (TPSA) is 20.2 Å². The summed E-state index contributed by atoms with van der Waals surface area (Å²) in [7, 11) is 0. The van der Waals surface area contributed by atoms with E-state index in [-0.39, 0.29) is 6.10 Å². The third kappa shape index (κ3) is 14.5. The molecule has 0 radical (unpaired) electrons. The van der Waals surface area contributed by atoms with Crippen molar-refractivity contribution in [2.75, 3.05) is 0 Å². The third-order valence-corrected chi connectivity index (χ3v) is 4.36. The third-order valence-electron chi connectivity index (χ3n) is 4.36. The predicted octanol–water partition coefficient (Wildman–Crippen LogP) is 7.29. The predicted molar refractivity (Wildman–Crippen MR) is 109 cm³/mol. The van der Waals surface area contributed by atoms with Crippen molar-refractivity contribution in [3.05, 3.63) is 46.6 Å². The molecule has 0 spiro atoms. The molecule has 0 bridgehead atoms. The zero-order valence-electron chi connectivity index (χ0n) is 17.0. The average Bonchev–Trinajstić information content (AvgIpc) is 2.52. The van der Waals surface area contributed by atoms with Gasteiger partial charge in [-0.1, -0.05) is 53.5 Å². The summed E-state index contributed by atoms with van der Waals surface area (Å²) in [5.41, 5.74) is 5.80. The lowest BCUT2D eigenvalue weighted by Gasteiger charge is -2.05. The van der Waals surface area contributed by atoms with E-state index in [4.69, 9.17) is 0 Å². The first-order valence-electron chi connectivity index (χ1n) is 9.63. The van der Waals surface area contributed by atoms with E-state index in [0.29, 0.717) is 0 Å². The molecule has 24 heavy (non-hydrogen) atoms. The number of hydrogen-bond acceptors (Lipinski definition) is 1. The van der Waals surface area contributed by atoms with E-state index in [2.05, 4.69) is 58.9 Å². The fraction of sp³-hybridized carbons (Fsp3) is 0.652. The molecule has 138 valence electrons. The van der Waals surface area contributed by atoms with E-state index in [1.54, 1.807) is 0 Å². The summed E-state index contributed by atoms with van der Waals surface area (Å²) in [4.78, 5) is 0. The maximum absolute atomic E-state index is 9.58. The van der Waals surface area contributed by atoms with Crippen LogP contribution in [0.15, 0.2) is 46.6 Å². The molecule has 1 heteroatoms. The Balaban J connectivity index is 4.00. The lowest BCUT2D eigenvalue weighted by molar-refractivity contribution is 0.173. The summed E-state index contributed by atoms with van der Waals surface area (Å²) in [6, 6.07) is 0. The van der Waals surface area contributed by atoms with Gasteiger partial charge in [-0.15, -0.1) is 0 Å². The minimum atomic E-state index is -0.177. The van der Waals surface area contributed by atoms with Crippen LogP contribution in [0, 0.1) is 0 Å². The van der Waals surface area contributed by atoms with Crippen LogP contribution >= 0.6 is 0 Å². The van der Waals surface area contributed by atoms with E-state index in [9.17, 15) is 5.11 Å². The van der Waals surface area contributed by atoms with Crippen molar-refractivity contribution in [3.63, 3.8) is 0 Å². The molecular weight excluding hydrogens is 292 g/mol. The van der Waals surface area contributed by atoms with Gasteiger partial charge in [-0.2, -0.15) is 0 Å². The van der Waals surface area contributed by atoms with Crippen LogP contribution < -0.4 is 0 Å². The van der Waals surface area contributed by atoms with Crippen molar-refractivity contribution in [1.29, 1.82) is 0 Å². The monoisotopic (exact) mass is 332 g/mol. The second-order valence-electron chi connectivity index (χ2n) is 7.35. The van der Waals surface area contributed by atoms with Crippen LogP contribution in [0.25, 0.3) is 0 Å². The molecule has 0 saturated heterocycles. The summed E-state index contributed by atoms with van der Waals surface area (Å²) >= 11 is 0. The first-order valence-corrected chi connectivity index (χ1v) is 9.63. The summed E-state index contributed by atoms with van der Waals surface area (Å²) < 4.78 is 0. The minimum Gasteiger partial charge on any atom is -0.393 e. The van der Waals surface area contributed by atoms with Gasteiger partial charge in [0.1, 0.15) is 0 Å². The Hall–Kier alpha value is -1.08. The lowest BCUT2D eigenvalue weighted by Crippen LogP contribution is -2.01.